The lowest BCUT2D eigenvalue weighted by molar-refractivity contribution is -0.137. The van der Waals surface area contributed by atoms with Gasteiger partial charge in [-0.15, -0.1) is 0 Å². The summed E-state index contributed by atoms with van der Waals surface area (Å²) in [5.74, 6) is -0.883. The molecule has 1 aliphatic rings. The zero-order chi connectivity index (χ0) is 28.1. The van der Waals surface area contributed by atoms with Crippen molar-refractivity contribution in [2.75, 3.05) is 18.6 Å². The Kier molecular flexibility index (Phi) is 6.57. The Morgan fingerprint density at radius 1 is 1.00 bits per heavy atom. The molecule has 1 atom stereocenters. The smallest absolute Gasteiger partial charge is 0.416 e. The number of hydrogen-bond donors (Lipinski definition) is 0. The number of halogens is 4. The first-order valence-electron chi connectivity index (χ1n) is 12.1. The minimum atomic E-state index is -4.67. The lowest BCUT2D eigenvalue weighted by atomic mass is 9.97. The number of ether oxygens (including phenoxy) is 2. The molecule has 2 heterocycles. The number of hydrogen-bond acceptors (Lipinski definition) is 5. The van der Waals surface area contributed by atoms with E-state index in [1.807, 2.05) is 13.8 Å². The van der Waals surface area contributed by atoms with E-state index in [0.29, 0.717) is 23.7 Å². The number of alkyl halides is 3. The molecule has 0 saturated heterocycles. The molecular formula is C29H23F4NO5. The highest BCUT2D eigenvalue weighted by molar-refractivity contribution is 6.10. The molecule has 4 aromatic rings. The normalized spacial score (nSPS) is 15.2. The maximum Gasteiger partial charge on any atom is 0.416 e. The summed E-state index contributed by atoms with van der Waals surface area (Å²) in [6.45, 7) is 4.35. The van der Waals surface area contributed by atoms with Gasteiger partial charge in [-0.3, -0.25) is 14.5 Å². The highest BCUT2D eigenvalue weighted by Gasteiger charge is 2.44. The Balaban J connectivity index is 1.74. The molecule has 0 N–H and O–H groups in total. The molecule has 1 aromatic heterocycles. The van der Waals surface area contributed by atoms with Crippen molar-refractivity contribution < 1.29 is 36.2 Å². The number of fused-ring (bicyclic) bond motifs is 2. The van der Waals surface area contributed by atoms with Crippen molar-refractivity contribution in [3.63, 3.8) is 0 Å². The van der Waals surface area contributed by atoms with Crippen LogP contribution in [0.5, 0.6) is 11.5 Å². The van der Waals surface area contributed by atoms with Crippen LogP contribution in [0.2, 0.25) is 0 Å². The molecule has 0 saturated carbocycles. The molecule has 6 nitrogen and oxygen atoms in total. The number of methoxy groups -OCH3 is 1. The maximum atomic E-state index is 14.0. The summed E-state index contributed by atoms with van der Waals surface area (Å²) >= 11 is 0. The minimum Gasteiger partial charge on any atom is -0.493 e. The van der Waals surface area contributed by atoms with Crippen molar-refractivity contribution in [3.05, 3.63) is 99.2 Å². The quantitative estimate of drug-likeness (QED) is 0.253. The van der Waals surface area contributed by atoms with Gasteiger partial charge in [-0.25, -0.2) is 4.39 Å². The SMILES string of the molecule is COc1cc(C2c3c(oc4ccc(F)cc4c3=O)C(=O)N2c2cccc(C(F)(F)F)c2)ccc1OCC(C)C. The van der Waals surface area contributed by atoms with E-state index in [1.54, 1.807) is 18.2 Å². The minimum absolute atomic E-state index is 0.0202. The molecule has 3 aromatic carbocycles. The molecule has 5 rings (SSSR count). The molecule has 1 unspecified atom stereocenters. The monoisotopic (exact) mass is 541 g/mol. The van der Waals surface area contributed by atoms with Gasteiger partial charge in [-0.2, -0.15) is 13.2 Å². The van der Waals surface area contributed by atoms with Gasteiger partial charge in [0.15, 0.2) is 16.9 Å². The second kappa shape index (κ2) is 9.76. The van der Waals surface area contributed by atoms with E-state index < -0.39 is 34.9 Å². The second-order valence-electron chi connectivity index (χ2n) is 9.56. The van der Waals surface area contributed by atoms with E-state index in [9.17, 15) is 27.2 Å². The van der Waals surface area contributed by atoms with Gasteiger partial charge >= 0.3 is 6.18 Å². The fourth-order valence-corrected chi connectivity index (χ4v) is 4.59. The lowest BCUT2D eigenvalue weighted by Crippen LogP contribution is -2.29. The van der Waals surface area contributed by atoms with Gasteiger partial charge in [-0.05, 0) is 60.0 Å². The van der Waals surface area contributed by atoms with Crippen LogP contribution >= 0.6 is 0 Å². The van der Waals surface area contributed by atoms with Crippen molar-refractivity contribution in [3.8, 4) is 11.5 Å². The first-order valence-corrected chi connectivity index (χ1v) is 12.1. The molecule has 0 bridgehead atoms. The topological polar surface area (TPSA) is 69.0 Å². The number of benzene rings is 3. The van der Waals surface area contributed by atoms with E-state index in [4.69, 9.17) is 13.9 Å². The third kappa shape index (κ3) is 4.71. The predicted molar refractivity (Wildman–Crippen MR) is 136 cm³/mol. The van der Waals surface area contributed by atoms with Gasteiger partial charge in [0.25, 0.3) is 5.91 Å². The van der Waals surface area contributed by atoms with Gasteiger partial charge in [0, 0.05) is 5.69 Å². The van der Waals surface area contributed by atoms with Crippen LogP contribution in [0.4, 0.5) is 23.2 Å². The van der Waals surface area contributed by atoms with Crippen LogP contribution in [-0.2, 0) is 6.18 Å². The summed E-state index contributed by atoms with van der Waals surface area (Å²) in [5, 5.41) is -0.0960. The summed E-state index contributed by atoms with van der Waals surface area (Å²) in [4.78, 5) is 28.4. The maximum absolute atomic E-state index is 14.0. The Morgan fingerprint density at radius 2 is 1.77 bits per heavy atom. The van der Waals surface area contributed by atoms with E-state index in [0.717, 1.165) is 29.2 Å². The zero-order valence-corrected chi connectivity index (χ0v) is 21.1. The Morgan fingerprint density at radius 3 is 2.46 bits per heavy atom. The van der Waals surface area contributed by atoms with Crippen LogP contribution < -0.4 is 19.8 Å². The highest BCUT2D eigenvalue weighted by Crippen LogP contribution is 2.44. The largest absolute Gasteiger partial charge is 0.493 e. The van der Waals surface area contributed by atoms with Gasteiger partial charge in [-0.1, -0.05) is 26.0 Å². The van der Waals surface area contributed by atoms with Crippen LogP contribution in [0.15, 0.2) is 69.9 Å². The molecule has 10 heteroatoms. The van der Waals surface area contributed by atoms with Crippen LogP contribution in [0.1, 0.15) is 47.1 Å². The van der Waals surface area contributed by atoms with Crippen molar-refractivity contribution in [1.82, 2.24) is 0 Å². The Labute approximate surface area is 220 Å². The zero-order valence-electron chi connectivity index (χ0n) is 21.1. The van der Waals surface area contributed by atoms with E-state index in [2.05, 4.69) is 0 Å². The third-order valence-electron chi connectivity index (χ3n) is 6.36. The van der Waals surface area contributed by atoms with Crippen molar-refractivity contribution in [2.24, 2.45) is 5.92 Å². The standard InChI is InChI=1S/C29H23F4NO5/c1-15(2)14-38-22-9-7-16(11-23(22)37-3)25-24-26(35)20-13-18(30)8-10-21(20)39-27(24)28(36)34(25)19-6-4-5-17(12-19)29(31,32)33/h4-13,15,25H,14H2,1-3H3. The number of anilines is 1. The van der Waals surface area contributed by atoms with Gasteiger partial charge in [0.05, 0.1) is 36.3 Å². The predicted octanol–water partition coefficient (Wildman–Crippen LogP) is 6.74. The van der Waals surface area contributed by atoms with Crippen molar-refractivity contribution >= 4 is 22.6 Å². The summed E-state index contributed by atoms with van der Waals surface area (Å²) in [6, 6.07) is 11.1. The summed E-state index contributed by atoms with van der Waals surface area (Å²) < 4.78 is 71.8. The fourth-order valence-electron chi connectivity index (χ4n) is 4.59. The number of nitrogens with zero attached hydrogens (tertiary/aromatic N) is 1. The first kappa shape index (κ1) is 26.3. The van der Waals surface area contributed by atoms with Crippen molar-refractivity contribution in [1.29, 1.82) is 0 Å². The molecule has 0 aliphatic carbocycles. The van der Waals surface area contributed by atoms with E-state index >= 15 is 0 Å². The summed E-state index contributed by atoms with van der Waals surface area (Å²) in [5.41, 5.74) is -1.51. The molecule has 39 heavy (non-hydrogen) atoms. The molecule has 0 radical (unpaired) electrons. The molecule has 0 fully saturated rings. The number of amides is 1. The Bertz CT molecular complexity index is 1640. The summed E-state index contributed by atoms with van der Waals surface area (Å²) in [6.07, 6.45) is -4.67. The van der Waals surface area contributed by atoms with Crippen LogP contribution in [-0.4, -0.2) is 19.6 Å². The van der Waals surface area contributed by atoms with E-state index in [-0.39, 0.29) is 33.9 Å². The van der Waals surface area contributed by atoms with Gasteiger partial charge in [0.2, 0.25) is 5.76 Å². The first-order chi connectivity index (χ1) is 18.5. The number of rotatable bonds is 6. The highest BCUT2D eigenvalue weighted by atomic mass is 19.4. The number of carbonyl (C=O) groups is 1. The van der Waals surface area contributed by atoms with Crippen LogP contribution in [0, 0.1) is 11.7 Å². The van der Waals surface area contributed by atoms with E-state index in [1.165, 1.54) is 25.3 Å². The molecule has 202 valence electrons. The Hall–Kier alpha value is -4.34. The molecule has 1 aliphatic heterocycles. The third-order valence-corrected chi connectivity index (χ3v) is 6.36. The fraction of sp³-hybridized carbons (Fsp3) is 0.241. The summed E-state index contributed by atoms with van der Waals surface area (Å²) in [7, 11) is 1.42. The average molecular weight is 541 g/mol. The molecular weight excluding hydrogens is 518 g/mol. The number of carbonyl (C=O) groups excluding carboxylic acids is 1. The van der Waals surface area contributed by atoms with Gasteiger partial charge < -0.3 is 13.9 Å². The average Bonchev–Trinajstić information content (AvgIpc) is 3.19. The molecule has 1 amide bonds. The second-order valence-corrected chi connectivity index (χ2v) is 9.56. The lowest BCUT2D eigenvalue weighted by Gasteiger charge is -2.26. The van der Waals surface area contributed by atoms with Crippen LogP contribution in [0.25, 0.3) is 11.0 Å². The van der Waals surface area contributed by atoms with Crippen molar-refractivity contribution in [2.45, 2.75) is 26.1 Å². The molecule has 0 spiro atoms. The van der Waals surface area contributed by atoms with Crippen LogP contribution in [0.3, 0.4) is 0 Å². The van der Waals surface area contributed by atoms with Gasteiger partial charge in [0.1, 0.15) is 11.4 Å².